The summed E-state index contributed by atoms with van der Waals surface area (Å²) in [6, 6.07) is 7.77. The van der Waals surface area contributed by atoms with Gasteiger partial charge in [0.25, 0.3) is 0 Å². The van der Waals surface area contributed by atoms with Crippen LogP contribution in [-0.2, 0) is 16.1 Å². The Morgan fingerprint density at radius 3 is 2.52 bits per heavy atom. The fourth-order valence-corrected chi connectivity index (χ4v) is 3.59. The van der Waals surface area contributed by atoms with Crippen molar-refractivity contribution in [3.05, 3.63) is 34.9 Å². The van der Waals surface area contributed by atoms with Crippen LogP contribution in [0.3, 0.4) is 0 Å². The predicted octanol–water partition coefficient (Wildman–Crippen LogP) is 2.61. The van der Waals surface area contributed by atoms with Gasteiger partial charge in [0, 0.05) is 37.7 Å². The van der Waals surface area contributed by atoms with Crippen molar-refractivity contribution in [2.75, 3.05) is 59.0 Å². The van der Waals surface area contributed by atoms with E-state index in [9.17, 15) is 4.79 Å². The van der Waals surface area contributed by atoms with Crippen LogP contribution in [0.2, 0.25) is 5.02 Å². The Balaban J connectivity index is 1.24. The highest BCUT2D eigenvalue weighted by molar-refractivity contribution is 6.30. The van der Waals surface area contributed by atoms with Gasteiger partial charge in [-0.1, -0.05) is 23.7 Å². The maximum absolute atomic E-state index is 12.1. The van der Waals surface area contributed by atoms with Crippen molar-refractivity contribution in [1.82, 2.24) is 15.1 Å². The standard InChI is InChI=1S/C20H30ClN3O3/c21-19-3-1-17(2-4-19)15-26-14-13-23-9-5-18(6-10-23)16-27-20(25)24-11-7-22-8-12-24/h1-4,18,22H,5-16H2. The molecule has 0 saturated carbocycles. The second kappa shape index (κ2) is 10.9. The average molecular weight is 396 g/mol. The summed E-state index contributed by atoms with van der Waals surface area (Å²) in [6.07, 6.45) is 1.99. The number of carbonyl (C=O) groups excluding carboxylic acids is 1. The van der Waals surface area contributed by atoms with E-state index in [1.807, 2.05) is 24.3 Å². The van der Waals surface area contributed by atoms with Crippen LogP contribution >= 0.6 is 11.6 Å². The number of hydrogen-bond acceptors (Lipinski definition) is 5. The third kappa shape index (κ3) is 6.96. The first kappa shape index (κ1) is 20.4. The van der Waals surface area contributed by atoms with Crippen LogP contribution in [0.15, 0.2) is 24.3 Å². The van der Waals surface area contributed by atoms with Crippen LogP contribution in [-0.4, -0.2) is 74.9 Å². The summed E-state index contributed by atoms with van der Waals surface area (Å²) in [5.41, 5.74) is 1.14. The van der Waals surface area contributed by atoms with Crippen molar-refractivity contribution in [3.63, 3.8) is 0 Å². The Bertz CT molecular complexity index is 570. The summed E-state index contributed by atoms with van der Waals surface area (Å²) < 4.78 is 11.3. The third-order valence-electron chi connectivity index (χ3n) is 5.26. The second-order valence-electron chi connectivity index (χ2n) is 7.28. The molecule has 0 spiro atoms. The average Bonchev–Trinajstić information content (AvgIpc) is 2.72. The first-order valence-corrected chi connectivity index (χ1v) is 10.3. The molecule has 2 aliphatic rings. The number of likely N-dealkylation sites (tertiary alicyclic amines) is 1. The number of piperidine rings is 1. The molecule has 0 unspecified atom stereocenters. The quantitative estimate of drug-likeness (QED) is 0.719. The Hall–Kier alpha value is -1.34. The largest absolute Gasteiger partial charge is 0.449 e. The molecule has 0 aromatic heterocycles. The lowest BCUT2D eigenvalue weighted by molar-refractivity contribution is 0.0537. The Kier molecular flexibility index (Phi) is 8.20. The SMILES string of the molecule is O=C(OCC1CCN(CCOCc2ccc(Cl)cc2)CC1)N1CCNCC1. The van der Waals surface area contributed by atoms with Gasteiger partial charge < -0.3 is 24.6 Å². The molecule has 7 heteroatoms. The van der Waals surface area contributed by atoms with E-state index in [4.69, 9.17) is 21.1 Å². The molecule has 1 amide bonds. The van der Waals surface area contributed by atoms with E-state index >= 15 is 0 Å². The number of nitrogens with zero attached hydrogens (tertiary/aromatic N) is 2. The molecule has 1 aromatic carbocycles. The molecular weight excluding hydrogens is 366 g/mol. The van der Waals surface area contributed by atoms with E-state index in [0.717, 1.165) is 75.8 Å². The van der Waals surface area contributed by atoms with Gasteiger partial charge in [0.15, 0.2) is 0 Å². The van der Waals surface area contributed by atoms with E-state index < -0.39 is 0 Å². The van der Waals surface area contributed by atoms with Crippen molar-refractivity contribution < 1.29 is 14.3 Å². The van der Waals surface area contributed by atoms with Crippen LogP contribution in [0, 0.1) is 5.92 Å². The monoisotopic (exact) mass is 395 g/mol. The number of ether oxygens (including phenoxy) is 2. The highest BCUT2D eigenvalue weighted by atomic mass is 35.5. The van der Waals surface area contributed by atoms with Gasteiger partial charge in [-0.3, -0.25) is 0 Å². The molecule has 0 aliphatic carbocycles. The molecule has 0 atom stereocenters. The lowest BCUT2D eigenvalue weighted by Crippen LogP contribution is -2.47. The highest BCUT2D eigenvalue weighted by Gasteiger charge is 2.22. The van der Waals surface area contributed by atoms with Gasteiger partial charge in [-0.15, -0.1) is 0 Å². The van der Waals surface area contributed by atoms with Crippen molar-refractivity contribution in [3.8, 4) is 0 Å². The van der Waals surface area contributed by atoms with Crippen molar-refractivity contribution in [2.24, 2.45) is 5.92 Å². The number of carbonyl (C=O) groups is 1. The van der Waals surface area contributed by atoms with E-state index in [0.29, 0.717) is 19.1 Å². The molecule has 3 rings (SSSR count). The van der Waals surface area contributed by atoms with Gasteiger partial charge in [0.05, 0.1) is 19.8 Å². The smallest absolute Gasteiger partial charge is 0.409 e. The zero-order valence-electron chi connectivity index (χ0n) is 15.9. The van der Waals surface area contributed by atoms with E-state index in [1.54, 1.807) is 4.90 Å². The predicted molar refractivity (Wildman–Crippen MR) is 106 cm³/mol. The second-order valence-corrected chi connectivity index (χ2v) is 7.71. The molecule has 1 N–H and O–H groups in total. The van der Waals surface area contributed by atoms with Crippen LogP contribution in [0.1, 0.15) is 18.4 Å². The van der Waals surface area contributed by atoms with E-state index in [2.05, 4.69) is 10.2 Å². The van der Waals surface area contributed by atoms with Crippen LogP contribution < -0.4 is 5.32 Å². The molecule has 2 aliphatic heterocycles. The van der Waals surface area contributed by atoms with Crippen LogP contribution in [0.25, 0.3) is 0 Å². The van der Waals surface area contributed by atoms with Crippen molar-refractivity contribution in [1.29, 1.82) is 0 Å². The van der Waals surface area contributed by atoms with Gasteiger partial charge in [0.1, 0.15) is 0 Å². The molecule has 2 heterocycles. The van der Waals surface area contributed by atoms with E-state index in [-0.39, 0.29) is 6.09 Å². The summed E-state index contributed by atoms with van der Waals surface area (Å²) >= 11 is 5.89. The van der Waals surface area contributed by atoms with E-state index in [1.165, 1.54) is 0 Å². The molecular formula is C20H30ClN3O3. The third-order valence-corrected chi connectivity index (χ3v) is 5.51. The van der Waals surface area contributed by atoms with Crippen molar-refractivity contribution >= 4 is 17.7 Å². The molecule has 27 heavy (non-hydrogen) atoms. The summed E-state index contributed by atoms with van der Waals surface area (Å²) in [5, 5.41) is 3.99. The maximum Gasteiger partial charge on any atom is 0.409 e. The number of rotatable bonds is 7. The first-order valence-electron chi connectivity index (χ1n) is 9.87. The minimum Gasteiger partial charge on any atom is -0.449 e. The number of piperazine rings is 1. The lowest BCUT2D eigenvalue weighted by Gasteiger charge is -2.32. The fourth-order valence-electron chi connectivity index (χ4n) is 3.47. The molecule has 150 valence electrons. The lowest BCUT2D eigenvalue weighted by atomic mass is 9.98. The topological polar surface area (TPSA) is 54.0 Å². The minimum absolute atomic E-state index is 0.158. The number of amides is 1. The molecule has 6 nitrogen and oxygen atoms in total. The van der Waals surface area contributed by atoms with Crippen molar-refractivity contribution in [2.45, 2.75) is 19.4 Å². The van der Waals surface area contributed by atoms with Crippen LogP contribution in [0.5, 0.6) is 0 Å². The molecule has 0 radical (unpaired) electrons. The van der Waals surface area contributed by atoms with Crippen LogP contribution in [0.4, 0.5) is 4.79 Å². The van der Waals surface area contributed by atoms with Gasteiger partial charge in [-0.25, -0.2) is 4.79 Å². The van der Waals surface area contributed by atoms with Gasteiger partial charge >= 0.3 is 6.09 Å². The Morgan fingerprint density at radius 2 is 1.81 bits per heavy atom. The molecule has 2 fully saturated rings. The number of hydrogen-bond donors (Lipinski definition) is 1. The van der Waals surface area contributed by atoms with Gasteiger partial charge in [-0.05, 0) is 49.5 Å². The summed E-state index contributed by atoms with van der Waals surface area (Å²) in [7, 11) is 0. The zero-order valence-corrected chi connectivity index (χ0v) is 16.6. The Morgan fingerprint density at radius 1 is 1.11 bits per heavy atom. The number of benzene rings is 1. The summed E-state index contributed by atoms with van der Waals surface area (Å²) in [6.45, 7) is 8.12. The highest BCUT2D eigenvalue weighted by Crippen LogP contribution is 2.18. The maximum atomic E-state index is 12.1. The first-order chi connectivity index (χ1) is 13.2. The molecule has 0 bridgehead atoms. The number of halogens is 1. The van der Waals surface area contributed by atoms with Gasteiger partial charge in [-0.2, -0.15) is 0 Å². The summed E-state index contributed by atoms with van der Waals surface area (Å²) in [4.78, 5) is 16.3. The zero-order chi connectivity index (χ0) is 18.9. The minimum atomic E-state index is -0.158. The molecule has 2 saturated heterocycles. The van der Waals surface area contributed by atoms with Gasteiger partial charge in [0.2, 0.25) is 0 Å². The fraction of sp³-hybridized carbons (Fsp3) is 0.650. The molecule has 1 aromatic rings. The normalized spacial score (nSPS) is 19.2. The summed E-state index contributed by atoms with van der Waals surface area (Å²) in [5.74, 6) is 0.475. The number of nitrogens with one attached hydrogen (secondary N) is 1. The Labute approximate surface area is 166 Å².